The van der Waals surface area contributed by atoms with Crippen LogP contribution in [0, 0.1) is 5.92 Å². The predicted octanol–water partition coefficient (Wildman–Crippen LogP) is 3.72. The Morgan fingerprint density at radius 3 is 2.78 bits per heavy atom. The minimum atomic E-state index is 0.0873. The second-order valence-electron chi connectivity index (χ2n) is 4.59. The molecule has 0 spiro atoms. The molecule has 5 heteroatoms. The second-order valence-corrected chi connectivity index (χ2v) is 6.06. The van der Waals surface area contributed by atoms with Crippen molar-refractivity contribution < 1.29 is 5.21 Å². The van der Waals surface area contributed by atoms with Gasteiger partial charge in [0.1, 0.15) is 0 Å². The first-order valence-corrected chi connectivity index (χ1v) is 7.47. The lowest BCUT2D eigenvalue weighted by molar-refractivity contribution is 0.318. The van der Waals surface area contributed by atoms with E-state index < -0.39 is 0 Å². The fourth-order valence-electron chi connectivity index (χ4n) is 2.22. The predicted molar refractivity (Wildman–Crippen MR) is 76.6 cm³/mol. The monoisotopic (exact) mass is 284 g/mol. The van der Waals surface area contributed by atoms with Gasteiger partial charge in [-0.05, 0) is 37.0 Å². The molecule has 3 nitrogen and oxygen atoms in total. The molecule has 1 fully saturated rings. The lowest BCUT2D eigenvalue weighted by atomic mass is 10.1. The average Bonchev–Trinajstić information content (AvgIpc) is 2.89. The van der Waals surface area contributed by atoms with E-state index >= 15 is 0 Å². The number of rotatable bonds is 4. The van der Waals surface area contributed by atoms with Crippen molar-refractivity contribution in [1.82, 2.24) is 0 Å². The van der Waals surface area contributed by atoms with E-state index in [4.69, 9.17) is 22.5 Å². The minimum Gasteiger partial charge on any atom is -0.409 e. The maximum absolute atomic E-state index is 8.61. The first kappa shape index (κ1) is 13.6. The van der Waals surface area contributed by atoms with Crippen LogP contribution in [0.3, 0.4) is 0 Å². The van der Waals surface area contributed by atoms with E-state index in [0.29, 0.717) is 10.6 Å². The molecule has 0 heterocycles. The van der Waals surface area contributed by atoms with Gasteiger partial charge in [-0.1, -0.05) is 29.6 Å². The molecule has 0 bridgehead atoms. The summed E-state index contributed by atoms with van der Waals surface area (Å²) in [5.41, 5.74) is 6.17. The van der Waals surface area contributed by atoms with Gasteiger partial charge in [-0.2, -0.15) is 0 Å². The van der Waals surface area contributed by atoms with Crippen LogP contribution in [0.5, 0.6) is 0 Å². The topological polar surface area (TPSA) is 58.6 Å². The summed E-state index contributed by atoms with van der Waals surface area (Å²) >= 11 is 8.00. The van der Waals surface area contributed by atoms with Gasteiger partial charge in [0.2, 0.25) is 0 Å². The first-order valence-electron chi connectivity index (χ1n) is 6.11. The Hall–Kier alpha value is -0.870. The minimum absolute atomic E-state index is 0.0873. The number of benzene rings is 1. The summed E-state index contributed by atoms with van der Waals surface area (Å²) in [4.78, 5) is 1.07. The van der Waals surface area contributed by atoms with Crippen LogP contribution in [-0.2, 0) is 0 Å². The van der Waals surface area contributed by atoms with Crippen molar-refractivity contribution in [2.45, 2.75) is 30.6 Å². The van der Waals surface area contributed by atoms with E-state index in [1.807, 2.05) is 12.1 Å². The molecule has 98 valence electrons. The Kier molecular flexibility index (Phi) is 4.78. The Bertz CT molecular complexity index is 445. The third-order valence-corrected chi connectivity index (χ3v) is 5.01. The third-order valence-electron chi connectivity index (χ3n) is 3.28. The molecule has 0 aromatic heterocycles. The van der Waals surface area contributed by atoms with E-state index in [0.717, 1.165) is 16.6 Å². The summed E-state index contributed by atoms with van der Waals surface area (Å²) < 4.78 is 0. The van der Waals surface area contributed by atoms with Gasteiger partial charge in [0.25, 0.3) is 0 Å². The van der Waals surface area contributed by atoms with Gasteiger partial charge in [0, 0.05) is 16.2 Å². The van der Waals surface area contributed by atoms with Gasteiger partial charge in [0.15, 0.2) is 5.84 Å². The number of thioether (sulfide) groups is 1. The molecule has 3 N–H and O–H groups in total. The van der Waals surface area contributed by atoms with E-state index in [9.17, 15) is 0 Å². The summed E-state index contributed by atoms with van der Waals surface area (Å²) in [5, 5.41) is 12.2. The molecule has 0 unspecified atom stereocenters. The number of hydrogen-bond donors (Lipinski definition) is 2. The molecular formula is C13H17ClN2OS. The lowest BCUT2D eigenvalue weighted by Gasteiger charge is -2.10. The zero-order valence-corrected chi connectivity index (χ0v) is 11.7. The molecule has 0 atom stereocenters. The van der Waals surface area contributed by atoms with Gasteiger partial charge in [-0.25, -0.2) is 0 Å². The zero-order valence-electron chi connectivity index (χ0n) is 10.1. The van der Waals surface area contributed by atoms with Crippen molar-refractivity contribution in [3.63, 3.8) is 0 Å². The van der Waals surface area contributed by atoms with Crippen LogP contribution in [0.1, 0.15) is 31.2 Å². The van der Waals surface area contributed by atoms with E-state index in [2.05, 4.69) is 5.16 Å². The number of oxime groups is 1. The Morgan fingerprint density at radius 1 is 1.44 bits per heavy atom. The zero-order chi connectivity index (χ0) is 13.0. The molecule has 1 saturated carbocycles. The highest BCUT2D eigenvalue weighted by Gasteiger charge is 2.15. The Labute approximate surface area is 116 Å². The number of nitrogens with two attached hydrogens (primary N) is 1. The first-order chi connectivity index (χ1) is 8.70. The molecule has 1 aromatic rings. The largest absolute Gasteiger partial charge is 0.409 e. The fraction of sp³-hybridized carbons (Fsp3) is 0.462. The van der Waals surface area contributed by atoms with Crippen molar-refractivity contribution in [3.05, 3.63) is 28.8 Å². The highest BCUT2D eigenvalue weighted by Crippen LogP contribution is 2.34. The fourth-order valence-corrected chi connectivity index (χ4v) is 3.67. The third kappa shape index (κ3) is 3.33. The van der Waals surface area contributed by atoms with Gasteiger partial charge in [0.05, 0.1) is 5.02 Å². The SMILES string of the molecule is NC(=NO)c1ccc(SCC2CCCC2)c(Cl)c1. The van der Waals surface area contributed by atoms with Crippen LogP contribution in [0.25, 0.3) is 0 Å². The van der Waals surface area contributed by atoms with E-state index in [-0.39, 0.29) is 5.84 Å². The lowest BCUT2D eigenvalue weighted by Crippen LogP contribution is -2.12. The van der Waals surface area contributed by atoms with E-state index in [1.54, 1.807) is 17.8 Å². The Balaban J connectivity index is 2.00. The van der Waals surface area contributed by atoms with Gasteiger partial charge in [-0.3, -0.25) is 0 Å². The van der Waals surface area contributed by atoms with Crippen LogP contribution in [0.15, 0.2) is 28.3 Å². The van der Waals surface area contributed by atoms with Crippen LogP contribution in [0.2, 0.25) is 5.02 Å². The molecule has 2 rings (SSSR count). The van der Waals surface area contributed by atoms with Gasteiger partial charge >= 0.3 is 0 Å². The molecule has 0 amide bonds. The van der Waals surface area contributed by atoms with E-state index in [1.165, 1.54) is 25.7 Å². The average molecular weight is 285 g/mol. The maximum atomic E-state index is 8.61. The normalized spacial score (nSPS) is 17.3. The Morgan fingerprint density at radius 2 is 2.17 bits per heavy atom. The van der Waals surface area contributed by atoms with Crippen LogP contribution in [0.4, 0.5) is 0 Å². The summed E-state index contributed by atoms with van der Waals surface area (Å²) in [7, 11) is 0. The molecule has 1 aromatic carbocycles. The summed E-state index contributed by atoms with van der Waals surface area (Å²) in [6.07, 6.45) is 5.41. The number of hydrogen-bond acceptors (Lipinski definition) is 3. The molecule has 1 aliphatic carbocycles. The second kappa shape index (κ2) is 6.34. The smallest absolute Gasteiger partial charge is 0.170 e. The highest BCUT2D eigenvalue weighted by atomic mass is 35.5. The van der Waals surface area contributed by atoms with Crippen LogP contribution >= 0.6 is 23.4 Å². The molecule has 0 radical (unpaired) electrons. The van der Waals surface area contributed by atoms with Gasteiger partial charge < -0.3 is 10.9 Å². The van der Waals surface area contributed by atoms with Crippen molar-refractivity contribution in [1.29, 1.82) is 0 Å². The number of amidine groups is 1. The van der Waals surface area contributed by atoms with Crippen molar-refractivity contribution in [2.24, 2.45) is 16.8 Å². The molecule has 18 heavy (non-hydrogen) atoms. The van der Waals surface area contributed by atoms with Crippen molar-refractivity contribution in [3.8, 4) is 0 Å². The molecule has 0 saturated heterocycles. The van der Waals surface area contributed by atoms with Crippen LogP contribution < -0.4 is 5.73 Å². The summed E-state index contributed by atoms with van der Waals surface area (Å²) in [6, 6.07) is 5.51. The summed E-state index contributed by atoms with van der Waals surface area (Å²) in [5.74, 6) is 2.04. The molecule has 0 aliphatic heterocycles. The van der Waals surface area contributed by atoms with Crippen LogP contribution in [-0.4, -0.2) is 16.8 Å². The number of nitrogens with zero attached hydrogens (tertiary/aromatic N) is 1. The van der Waals surface area contributed by atoms with Crippen molar-refractivity contribution >= 4 is 29.2 Å². The number of halogens is 1. The molecular weight excluding hydrogens is 268 g/mol. The van der Waals surface area contributed by atoms with Crippen molar-refractivity contribution in [2.75, 3.05) is 5.75 Å². The summed E-state index contributed by atoms with van der Waals surface area (Å²) in [6.45, 7) is 0. The maximum Gasteiger partial charge on any atom is 0.170 e. The molecule has 1 aliphatic rings. The highest BCUT2D eigenvalue weighted by molar-refractivity contribution is 7.99. The van der Waals surface area contributed by atoms with Gasteiger partial charge in [-0.15, -0.1) is 11.8 Å². The quantitative estimate of drug-likeness (QED) is 0.291. The standard InChI is InChI=1S/C13H17ClN2OS/c14-11-7-10(13(15)16-17)5-6-12(11)18-8-9-3-1-2-4-9/h5-7,9,17H,1-4,8H2,(H2,15,16).